The largest absolute Gasteiger partial charge is 0.494 e. The Morgan fingerprint density at radius 1 is 1.32 bits per heavy atom. The molecule has 3 aliphatic rings. The first-order chi connectivity index (χ1) is 13.6. The van der Waals surface area contributed by atoms with Gasteiger partial charge in [-0.1, -0.05) is 11.3 Å². The number of carbonyl (C=O) groups is 2. The number of hydrogen-bond donors (Lipinski definition) is 0. The van der Waals surface area contributed by atoms with Crippen molar-refractivity contribution in [3.05, 3.63) is 18.2 Å². The maximum absolute atomic E-state index is 13.2. The average Bonchev–Trinajstić information content (AvgIpc) is 3.15. The van der Waals surface area contributed by atoms with E-state index in [1.165, 1.54) is 17.8 Å². The minimum atomic E-state index is -0.242. The molecule has 1 saturated carbocycles. The maximum atomic E-state index is 13.2. The van der Waals surface area contributed by atoms with Crippen molar-refractivity contribution in [2.45, 2.75) is 51.0 Å². The molecule has 0 radical (unpaired) electrons. The fourth-order valence-corrected chi connectivity index (χ4v) is 5.67. The van der Waals surface area contributed by atoms with Crippen LogP contribution in [0.1, 0.15) is 45.4 Å². The molecule has 28 heavy (non-hydrogen) atoms. The standard InChI is InChI=1S/C21H25N3O3S/c1-2-27-15-5-6-16-17(12-15)28-20(22-16)23-13-14(11-18(23)25)19(26)24-10-4-3-7-21(24)8-9-21/h5-6,12,14H,2-4,7-11,13H2,1H3. The number of likely N-dealkylation sites (tertiary alicyclic amines) is 1. The van der Waals surface area contributed by atoms with E-state index < -0.39 is 0 Å². The van der Waals surface area contributed by atoms with Crippen molar-refractivity contribution in [1.82, 2.24) is 9.88 Å². The summed E-state index contributed by atoms with van der Waals surface area (Å²) in [5.74, 6) is 0.747. The first-order valence-electron chi connectivity index (χ1n) is 10.2. The lowest BCUT2D eigenvalue weighted by atomic mass is 9.96. The molecule has 1 spiro atoms. The predicted octanol–water partition coefficient (Wildman–Crippen LogP) is 3.59. The molecule has 6 nitrogen and oxygen atoms in total. The number of fused-ring (bicyclic) bond motifs is 1. The lowest BCUT2D eigenvalue weighted by Gasteiger charge is -2.37. The van der Waals surface area contributed by atoms with E-state index in [-0.39, 0.29) is 23.3 Å². The third-order valence-corrected chi connectivity index (χ3v) is 7.35. The first-order valence-corrected chi connectivity index (χ1v) is 11.1. The van der Waals surface area contributed by atoms with Crippen LogP contribution in [0.25, 0.3) is 10.2 Å². The van der Waals surface area contributed by atoms with Gasteiger partial charge in [0.05, 0.1) is 22.7 Å². The van der Waals surface area contributed by atoms with Gasteiger partial charge < -0.3 is 9.64 Å². The SMILES string of the molecule is CCOc1ccc2nc(N3CC(C(=O)N4CCCCC45CC5)CC3=O)sc2c1. The topological polar surface area (TPSA) is 62.7 Å². The molecular formula is C21H25N3O3S. The Morgan fingerprint density at radius 2 is 2.18 bits per heavy atom. The van der Waals surface area contributed by atoms with Crippen LogP contribution in [0, 0.1) is 5.92 Å². The molecule has 2 aromatic rings. The quantitative estimate of drug-likeness (QED) is 0.788. The Kier molecular flexibility index (Phi) is 4.30. The lowest BCUT2D eigenvalue weighted by Crippen LogP contribution is -2.48. The third-order valence-electron chi connectivity index (χ3n) is 6.30. The number of piperidine rings is 1. The number of ether oxygens (including phenoxy) is 1. The van der Waals surface area contributed by atoms with Gasteiger partial charge in [-0.15, -0.1) is 0 Å². The lowest BCUT2D eigenvalue weighted by molar-refractivity contribution is -0.140. The van der Waals surface area contributed by atoms with Crippen LogP contribution in [-0.4, -0.2) is 46.9 Å². The molecular weight excluding hydrogens is 374 g/mol. The molecule has 148 valence electrons. The van der Waals surface area contributed by atoms with Crippen molar-refractivity contribution >= 4 is 38.5 Å². The fraction of sp³-hybridized carbons (Fsp3) is 0.571. The van der Waals surface area contributed by atoms with E-state index in [1.807, 2.05) is 25.1 Å². The number of rotatable bonds is 4. The van der Waals surface area contributed by atoms with Crippen LogP contribution in [0.3, 0.4) is 0 Å². The number of nitrogens with zero attached hydrogens (tertiary/aromatic N) is 3. The first kappa shape index (κ1) is 17.9. The molecule has 2 amide bonds. The maximum Gasteiger partial charge on any atom is 0.229 e. The molecule has 2 aliphatic heterocycles. The summed E-state index contributed by atoms with van der Waals surface area (Å²) >= 11 is 1.49. The summed E-state index contributed by atoms with van der Waals surface area (Å²) in [6.07, 6.45) is 5.98. The Hall–Kier alpha value is -2.15. The molecule has 1 aliphatic carbocycles. The summed E-state index contributed by atoms with van der Waals surface area (Å²) < 4.78 is 6.56. The number of thiazole rings is 1. The molecule has 0 bridgehead atoms. The Labute approximate surface area is 168 Å². The van der Waals surface area contributed by atoms with Gasteiger partial charge >= 0.3 is 0 Å². The number of benzene rings is 1. The Bertz CT molecular complexity index is 936. The molecule has 1 aromatic carbocycles. The highest BCUT2D eigenvalue weighted by atomic mass is 32.1. The average molecular weight is 400 g/mol. The normalized spacial score (nSPS) is 23.6. The third kappa shape index (κ3) is 2.96. The predicted molar refractivity (Wildman–Crippen MR) is 109 cm³/mol. The summed E-state index contributed by atoms with van der Waals surface area (Å²) in [6, 6.07) is 5.79. The number of anilines is 1. The van der Waals surface area contributed by atoms with Gasteiger partial charge in [-0.05, 0) is 57.2 Å². The van der Waals surface area contributed by atoms with Crippen LogP contribution in [0.15, 0.2) is 18.2 Å². The van der Waals surface area contributed by atoms with E-state index in [1.54, 1.807) is 4.90 Å². The Morgan fingerprint density at radius 3 is 2.96 bits per heavy atom. The summed E-state index contributed by atoms with van der Waals surface area (Å²) in [5.41, 5.74) is 0.983. The molecule has 0 N–H and O–H groups in total. The van der Waals surface area contributed by atoms with Gasteiger partial charge in [0.1, 0.15) is 5.75 Å². The minimum Gasteiger partial charge on any atom is -0.494 e. The van der Waals surface area contributed by atoms with Crippen LogP contribution >= 0.6 is 11.3 Å². The number of aromatic nitrogens is 1. The summed E-state index contributed by atoms with van der Waals surface area (Å²) in [7, 11) is 0. The highest BCUT2D eigenvalue weighted by Gasteiger charge is 2.52. The van der Waals surface area contributed by atoms with Gasteiger partial charge in [-0.25, -0.2) is 4.98 Å². The molecule has 1 unspecified atom stereocenters. The molecule has 5 rings (SSSR count). The smallest absolute Gasteiger partial charge is 0.229 e. The molecule has 2 saturated heterocycles. The zero-order chi connectivity index (χ0) is 19.3. The van der Waals surface area contributed by atoms with Gasteiger partial charge in [-0.3, -0.25) is 14.5 Å². The van der Waals surface area contributed by atoms with E-state index in [9.17, 15) is 9.59 Å². The van der Waals surface area contributed by atoms with Crippen molar-refractivity contribution in [3.8, 4) is 5.75 Å². The van der Waals surface area contributed by atoms with Crippen LogP contribution in [0.5, 0.6) is 5.75 Å². The molecule has 1 atom stereocenters. The molecule has 3 heterocycles. The van der Waals surface area contributed by atoms with Gasteiger partial charge in [0, 0.05) is 25.0 Å². The monoisotopic (exact) mass is 399 g/mol. The minimum absolute atomic E-state index is 0.00398. The van der Waals surface area contributed by atoms with Gasteiger partial charge in [0.25, 0.3) is 0 Å². The second kappa shape index (κ2) is 6.72. The fourth-order valence-electron chi connectivity index (χ4n) is 4.65. The van der Waals surface area contributed by atoms with Crippen LogP contribution in [0.4, 0.5) is 5.13 Å². The van der Waals surface area contributed by atoms with Gasteiger partial charge in [0.15, 0.2) is 5.13 Å². The van der Waals surface area contributed by atoms with Gasteiger partial charge in [-0.2, -0.15) is 0 Å². The second-order valence-corrected chi connectivity index (χ2v) is 9.14. The highest BCUT2D eigenvalue weighted by Crippen LogP contribution is 2.49. The van der Waals surface area contributed by atoms with Crippen LogP contribution in [0.2, 0.25) is 0 Å². The van der Waals surface area contributed by atoms with Crippen molar-refractivity contribution in [2.24, 2.45) is 5.92 Å². The van der Waals surface area contributed by atoms with E-state index in [0.29, 0.717) is 24.7 Å². The van der Waals surface area contributed by atoms with Crippen molar-refractivity contribution in [3.63, 3.8) is 0 Å². The molecule has 3 fully saturated rings. The van der Waals surface area contributed by atoms with E-state index in [0.717, 1.165) is 48.2 Å². The number of amides is 2. The van der Waals surface area contributed by atoms with Crippen molar-refractivity contribution in [2.75, 3.05) is 24.6 Å². The van der Waals surface area contributed by atoms with Crippen molar-refractivity contribution < 1.29 is 14.3 Å². The van der Waals surface area contributed by atoms with Gasteiger partial charge in [0.2, 0.25) is 11.8 Å². The number of hydrogen-bond acceptors (Lipinski definition) is 5. The molecule has 7 heteroatoms. The zero-order valence-electron chi connectivity index (χ0n) is 16.1. The zero-order valence-corrected chi connectivity index (χ0v) is 17.0. The van der Waals surface area contributed by atoms with E-state index in [4.69, 9.17) is 4.74 Å². The summed E-state index contributed by atoms with van der Waals surface area (Å²) in [5, 5.41) is 0.684. The highest BCUT2D eigenvalue weighted by molar-refractivity contribution is 7.22. The van der Waals surface area contributed by atoms with Crippen LogP contribution < -0.4 is 9.64 Å². The second-order valence-electron chi connectivity index (χ2n) is 8.14. The van der Waals surface area contributed by atoms with E-state index >= 15 is 0 Å². The van der Waals surface area contributed by atoms with Crippen LogP contribution in [-0.2, 0) is 9.59 Å². The number of carbonyl (C=O) groups excluding carboxylic acids is 2. The summed E-state index contributed by atoms with van der Waals surface area (Å²) in [4.78, 5) is 34.3. The molecule has 1 aromatic heterocycles. The van der Waals surface area contributed by atoms with Crippen molar-refractivity contribution in [1.29, 1.82) is 0 Å². The Balaban J connectivity index is 1.35. The van der Waals surface area contributed by atoms with E-state index in [2.05, 4.69) is 9.88 Å². The summed E-state index contributed by atoms with van der Waals surface area (Å²) in [6.45, 7) is 3.87.